The molecule has 8 heteroatoms. The normalized spacial score (nSPS) is 13.3. The molecule has 1 N–H and O–H groups in total. The van der Waals surface area contributed by atoms with Crippen molar-refractivity contribution in [2.75, 3.05) is 16.8 Å². The third-order valence-electron chi connectivity index (χ3n) is 5.22. The highest BCUT2D eigenvalue weighted by atomic mass is 35.5. The van der Waals surface area contributed by atoms with Gasteiger partial charge in [-0.25, -0.2) is 9.69 Å². The molecule has 178 valence electrons. The largest absolute Gasteiger partial charge is 0.462 e. The minimum atomic E-state index is -0.632. The lowest BCUT2D eigenvalue weighted by Gasteiger charge is -2.16. The first-order chi connectivity index (χ1) is 17.0. The first-order valence-corrected chi connectivity index (χ1v) is 11.5. The highest BCUT2D eigenvalue weighted by molar-refractivity contribution is 6.53. The van der Waals surface area contributed by atoms with Crippen LogP contribution in [0.3, 0.4) is 0 Å². The second-order valence-electron chi connectivity index (χ2n) is 7.74. The molecule has 0 saturated carbocycles. The average Bonchev–Trinajstić information content (AvgIpc) is 3.09. The van der Waals surface area contributed by atoms with Gasteiger partial charge in [0.25, 0.3) is 11.8 Å². The SMILES string of the molecule is CCCCOC(=O)c1ccc(NC2=C(Cl)C(=O)N(c3ccc(Oc4ccccc4)cc3)C2=O)cc1. The maximum atomic E-state index is 13.0. The highest BCUT2D eigenvalue weighted by Gasteiger charge is 2.39. The molecule has 0 radical (unpaired) electrons. The quantitative estimate of drug-likeness (QED) is 0.229. The van der Waals surface area contributed by atoms with E-state index < -0.39 is 17.8 Å². The van der Waals surface area contributed by atoms with Crippen LogP contribution in [0.1, 0.15) is 30.1 Å². The number of para-hydroxylation sites is 1. The molecule has 0 unspecified atom stereocenters. The zero-order chi connectivity index (χ0) is 24.8. The van der Waals surface area contributed by atoms with E-state index >= 15 is 0 Å². The lowest BCUT2D eigenvalue weighted by atomic mass is 10.2. The Balaban J connectivity index is 1.43. The van der Waals surface area contributed by atoms with Crippen LogP contribution in [0, 0.1) is 0 Å². The summed E-state index contributed by atoms with van der Waals surface area (Å²) < 4.78 is 10.9. The van der Waals surface area contributed by atoms with E-state index in [2.05, 4.69) is 5.32 Å². The summed E-state index contributed by atoms with van der Waals surface area (Å²) in [5.74, 6) is -0.401. The number of amides is 2. The van der Waals surface area contributed by atoms with Crippen LogP contribution < -0.4 is 15.0 Å². The number of anilines is 2. The molecule has 0 saturated heterocycles. The van der Waals surface area contributed by atoms with Gasteiger partial charge in [-0.15, -0.1) is 0 Å². The van der Waals surface area contributed by atoms with Crippen molar-refractivity contribution in [3.63, 3.8) is 0 Å². The van der Waals surface area contributed by atoms with E-state index in [9.17, 15) is 14.4 Å². The summed E-state index contributed by atoms with van der Waals surface area (Å²) in [4.78, 5) is 38.8. The van der Waals surface area contributed by atoms with Gasteiger partial charge in [-0.3, -0.25) is 9.59 Å². The summed E-state index contributed by atoms with van der Waals surface area (Å²) in [7, 11) is 0. The summed E-state index contributed by atoms with van der Waals surface area (Å²) in [5, 5.41) is 2.67. The Bertz CT molecular complexity index is 1250. The van der Waals surface area contributed by atoms with Crippen LogP contribution in [0.15, 0.2) is 89.6 Å². The Kier molecular flexibility index (Phi) is 7.48. The van der Waals surface area contributed by atoms with Gasteiger partial charge in [-0.1, -0.05) is 43.1 Å². The first kappa shape index (κ1) is 24.0. The molecular formula is C27H23ClN2O5. The van der Waals surface area contributed by atoms with Gasteiger partial charge >= 0.3 is 5.97 Å². The molecule has 3 aromatic carbocycles. The lowest BCUT2D eigenvalue weighted by Crippen LogP contribution is -2.32. The molecule has 4 rings (SSSR count). The minimum absolute atomic E-state index is 0.0421. The Morgan fingerprint density at radius 3 is 2.20 bits per heavy atom. The van der Waals surface area contributed by atoms with Gasteiger partial charge in [-0.2, -0.15) is 0 Å². The Hall–Kier alpha value is -4.10. The third-order valence-corrected chi connectivity index (χ3v) is 5.57. The second-order valence-corrected chi connectivity index (χ2v) is 8.11. The van der Waals surface area contributed by atoms with Gasteiger partial charge in [0.15, 0.2) is 0 Å². The minimum Gasteiger partial charge on any atom is -0.462 e. The molecule has 0 atom stereocenters. The standard InChI is InChI=1S/C27H23ClN2O5/c1-2-3-17-34-27(33)18-9-11-19(12-10-18)29-24-23(28)25(31)30(26(24)32)20-13-15-22(16-14-20)35-21-7-5-4-6-8-21/h4-16,29H,2-3,17H2,1H3. The number of ether oxygens (including phenoxy) is 2. The molecule has 1 heterocycles. The van der Waals surface area contributed by atoms with E-state index in [1.54, 1.807) is 48.5 Å². The monoisotopic (exact) mass is 490 g/mol. The number of halogens is 1. The second kappa shape index (κ2) is 10.9. The van der Waals surface area contributed by atoms with Crippen LogP contribution >= 0.6 is 11.6 Å². The van der Waals surface area contributed by atoms with Crippen LogP contribution in [0.2, 0.25) is 0 Å². The fraction of sp³-hybridized carbons (Fsp3) is 0.148. The van der Waals surface area contributed by atoms with Gasteiger partial charge in [0.05, 0.1) is 17.9 Å². The zero-order valence-corrected chi connectivity index (χ0v) is 19.7. The molecule has 35 heavy (non-hydrogen) atoms. The van der Waals surface area contributed by atoms with Gasteiger partial charge < -0.3 is 14.8 Å². The number of unbranched alkanes of at least 4 members (excludes halogenated alkanes) is 1. The van der Waals surface area contributed by atoms with Crippen molar-refractivity contribution in [1.29, 1.82) is 0 Å². The van der Waals surface area contributed by atoms with E-state index in [-0.39, 0.29) is 10.7 Å². The van der Waals surface area contributed by atoms with Crippen molar-refractivity contribution in [2.24, 2.45) is 0 Å². The molecule has 0 aromatic heterocycles. The van der Waals surface area contributed by atoms with Crippen molar-refractivity contribution in [1.82, 2.24) is 0 Å². The summed E-state index contributed by atoms with van der Waals surface area (Å²) in [6, 6.07) is 22.2. The number of hydrogen-bond donors (Lipinski definition) is 1. The predicted molar refractivity (Wildman–Crippen MR) is 134 cm³/mol. The van der Waals surface area contributed by atoms with E-state index in [0.29, 0.717) is 35.0 Å². The number of esters is 1. The fourth-order valence-corrected chi connectivity index (χ4v) is 3.57. The summed E-state index contributed by atoms with van der Waals surface area (Å²) in [5.41, 5.74) is 1.21. The van der Waals surface area contributed by atoms with Crippen molar-refractivity contribution in [3.8, 4) is 11.5 Å². The number of nitrogens with one attached hydrogen (secondary N) is 1. The van der Waals surface area contributed by atoms with Crippen LogP contribution in [0.4, 0.5) is 11.4 Å². The molecule has 7 nitrogen and oxygen atoms in total. The van der Waals surface area contributed by atoms with E-state index in [4.69, 9.17) is 21.1 Å². The average molecular weight is 491 g/mol. The topological polar surface area (TPSA) is 84.9 Å². The molecule has 1 aliphatic rings. The van der Waals surface area contributed by atoms with E-state index in [1.165, 1.54) is 0 Å². The Morgan fingerprint density at radius 2 is 1.54 bits per heavy atom. The molecule has 3 aromatic rings. The lowest BCUT2D eigenvalue weighted by molar-refractivity contribution is -0.120. The van der Waals surface area contributed by atoms with Crippen LogP contribution in [0.25, 0.3) is 0 Å². The first-order valence-electron chi connectivity index (χ1n) is 11.1. The van der Waals surface area contributed by atoms with Crippen LogP contribution in [-0.4, -0.2) is 24.4 Å². The van der Waals surface area contributed by atoms with Crippen molar-refractivity contribution in [2.45, 2.75) is 19.8 Å². The van der Waals surface area contributed by atoms with Crippen LogP contribution in [0.5, 0.6) is 11.5 Å². The number of carbonyl (C=O) groups excluding carboxylic acids is 3. The summed E-state index contributed by atoms with van der Waals surface area (Å²) in [6.45, 7) is 2.38. The summed E-state index contributed by atoms with van der Waals surface area (Å²) >= 11 is 6.22. The number of imide groups is 1. The number of hydrogen-bond acceptors (Lipinski definition) is 6. The molecule has 0 aliphatic carbocycles. The highest BCUT2D eigenvalue weighted by Crippen LogP contribution is 2.32. The maximum absolute atomic E-state index is 13.0. The number of carbonyl (C=O) groups is 3. The number of rotatable bonds is 9. The number of benzene rings is 3. The molecule has 0 spiro atoms. The van der Waals surface area contributed by atoms with Crippen LogP contribution in [-0.2, 0) is 14.3 Å². The van der Waals surface area contributed by atoms with Gasteiger partial charge in [0, 0.05) is 5.69 Å². The van der Waals surface area contributed by atoms with Crippen molar-refractivity contribution in [3.05, 3.63) is 95.2 Å². The Morgan fingerprint density at radius 1 is 0.886 bits per heavy atom. The Labute approximate surface area is 207 Å². The molecule has 2 amide bonds. The van der Waals surface area contributed by atoms with Gasteiger partial charge in [0.2, 0.25) is 0 Å². The molecule has 1 aliphatic heterocycles. The summed E-state index contributed by atoms with van der Waals surface area (Å²) in [6.07, 6.45) is 1.73. The molecule has 0 fully saturated rings. The predicted octanol–water partition coefficient (Wildman–Crippen LogP) is 5.87. The zero-order valence-electron chi connectivity index (χ0n) is 19.0. The molecule has 0 bridgehead atoms. The number of nitrogens with zero attached hydrogens (tertiary/aromatic N) is 1. The maximum Gasteiger partial charge on any atom is 0.338 e. The van der Waals surface area contributed by atoms with Gasteiger partial charge in [0.1, 0.15) is 22.2 Å². The smallest absolute Gasteiger partial charge is 0.338 e. The molecular weight excluding hydrogens is 468 g/mol. The third kappa shape index (κ3) is 5.53. The van der Waals surface area contributed by atoms with Crippen molar-refractivity contribution < 1.29 is 23.9 Å². The van der Waals surface area contributed by atoms with Gasteiger partial charge in [-0.05, 0) is 67.1 Å². The van der Waals surface area contributed by atoms with E-state index in [0.717, 1.165) is 17.7 Å². The van der Waals surface area contributed by atoms with Crippen molar-refractivity contribution >= 4 is 40.8 Å². The fourth-order valence-electron chi connectivity index (χ4n) is 3.36. The van der Waals surface area contributed by atoms with E-state index in [1.807, 2.05) is 37.3 Å².